The standard InChI is InChI=1S/C37H34NOPS/c1-2-27-14-12-22-33(38-35(39)26-41-31-20-10-5-11-21-31)36(27)32-25-24-28-15-13-23-34(37(28)32)40(29-16-6-3-7-17-29)30-18-8-4-9-19-30/h3-23,32H,2,24-26H2,1H3,(H,38,39)/t32-/m1/s1. The lowest BCUT2D eigenvalue weighted by Gasteiger charge is -2.27. The van der Waals surface area contributed by atoms with Gasteiger partial charge < -0.3 is 5.32 Å². The summed E-state index contributed by atoms with van der Waals surface area (Å²) in [6, 6.07) is 45.4. The van der Waals surface area contributed by atoms with Gasteiger partial charge in [-0.1, -0.05) is 116 Å². The second kappa shape index (κ2) is 12.9. The number of benzene rings is 5. The Bertz CT molecular complexity index is 1580. The summed E-state index contributed by atoms with van der Waals surface area (Å²) in [6.07, 6.45) is 3.03. The third-order valence-corrected chi connectivity index (χ3v) is 11.3. The van der Waals surface area contributed by atoms with Crippen molar-refractivity contribution < 1.29 is 4.79 Å². The minimum Gasteiger partial charge on any atom is -0.325 e. The lowest BCUT2D eigenvalue weighted by molar-refractivity contribution is -0.113. The van der Waals surface area contributed by atoms with Gasteiger partial charge in [-0.05, 0) is 83.6 Å². The van der Waals surface area contributed by atoms with Crippen LogP contribution in [0.25, 0.3) is 0 Å². The molecule has 0 radical (unpaired) electrons. The van der Waals surface area contributed by atoms with Gasteiger partial charge in [-0.3, -0.25) is 4.79 Å². The zero-order valence-corrected chi connectivity index (χ0v) is 25.0. The van der Waals surface area contributed by atoms with Crippen molar-refractivity contribution in [3.05, 3.63) is 150 Å². The van der Waals surface area contributed by atoms with Crippen molar-refractivity contribution in [2.45, 2.75) is 37.0 Å². The van der Waals surface area contributed by atoms with Crippen LogP contribution in [0.3, 0.4) is 0 Å². The Morgan fingerprint density at radius 2 is 1.39 bits per heavy atom. The van der Waals surface area contributed by atoms with E-state index < -0.39 is 7.92 Å². The Morgan fingerprint density at radius 1 is 0.756 bits per heavy atom. The highest BCUT2D eigenvalue weighted by Crippen LogP contribution is 2.46. The number of anilines is 1. The van der Waals surface area contributed by atoms with Crippen molar-refractivity contribution >= 4 is 47.2 Å². The smallest absolute Gasteiger partial charge is 0.234 e. The number of amides is 1. The normalized spacial score (nSPS) is 14.1. The van der Waals surface area contributed by atoms with E-state index in [1.807, 2.05) is 18.2 Å². The summed E-state index contributed by atoms with van der Waals surface area (Å²) in [6.45, 7) is 2.22. The van der Waals surface area contributed by atoms with Gasteiger partial charge in [-0.2, -0.15) is 0 Å². The average Bonchev–Trinajstić information content (AvgIpc) is 3.46. The van der Waals surface area contributed by atoms with E-state index >= 15 is 0 Å². The van der Waals surface area contributed by atoms with Gasteiger partial charge in [-0.15, -0.1) is 11.8 Å². The fourth-order valence-corrected chi connectivity index (χ4v) is 9.31. The summed E-state index contributed by atoms with van der Waals surface area (Å²) in [5, 5.41) is 7.48. The maximum Gasteiger partial charge on any atom is 0.234 e. The van der Waals surface area contributed by atoms with E-state index in [0.29, 0.717) is 5.75 Å². The summed E-state index contributed by atoms with van der Waals surface area (Å²) in [7, 11) is -0.728. The summed E-state index contributed by atoms with van der Waals surface area (Å²) < 4.78 is 0. The van der Waals surface area contributed by atoms with Gasteiger partial charge in [0.25, 0.3) is 0 Å². The predicted molar refractivity (Wildman–Crippen MR) is 177 cm³/mol. The molecule has 41 heavy (non-hydrogen) atoms. The van der Waals surface area contributed by atoms with Crippen LogP contribution in [0.2, 0.25) is 0 Å². The number of carbonyl (C=O) groups is 1. The molecule has 5 aromatic rings. The SMILES string of the molecule is CCc1cccc(NC(=O)CSc2ccccc2)c1[C@H]1CCc2cccc(P(c3ccccc3)c3ccccc3)c21. The Balaban J connectivity index is 1.40. The molecule has 1 amide bonds. The Morgan fingerprint density at radius 3 is 2.05 bits per heavy atom. The number of hydrogen-bond donors (Lipinski definition) is 1. The largest absolute Gasteiger partial charge is 0.325 e. The molecule has 1 aliphatic carbocycles. The number of hydrogen-bond acceptors (Lipinski definition) is 2. The highest BCUT2D eigenvalue weighted by molar-refractivity contribution is 8.00. The van der Waals surface area contributed by atoms with E-state index in [1.165, 1.54) is 38.2 Å². The molecule has 0 unspecified atom stereocenters. The van der Waals surface area contributed by atoms with Crippen LogP contribution in [0.1, 0.15) is 41.5 Å². The lowest BCUT2D eigenvalue weighted by atomic mass is 9.87. The van der Waals surface area contributed by atoms with Gasteiger partial charge in [0.15, 0.2) is 0 Å². The lowest BCUT2D eigenvalue weighted by Crippen LogP contribution is -2.25. The molecular formula is C37H34NOPS. The fraction of sp³-hybridized carbons (Fsp3) is 0.162. The molecule has 0 fully saturated rings. The first-order valence-electron chi connectivity index (χ1n) is 14.3. The molecule has 1 aliphatic rings. The van der Waals surface area contributed by atoms with Crippen LogP contribution < -0.4 is 21.2 Å². The van der Waals surface area contributed by atoms with Crippen molar-refractivity contribution in [1.29, 1.82) is 0 Å². The van der Waals surface area contributed by atoms with Crippen LogP contribution in [-0.2, 0) is 17.6 Å². The molecule has 1 N–H and O–H groups in total. The van der Waals surface area contributed by atoms with E-state index in [1.54, 1.807) is 11.8 Å². The van der Waals surface area contributed by atoms with E-state index in [9.17, 15) is 4.79 Å². The fourth-order valence-electron chi connectivity index (χ4n) is 6.02. The second-order valence-corrected chi connectivity index (χ2v) is 13.6. The van der Waals surface area contributed by atoms with Gasteiger partial charge >= 0.3 is 0 Å². The van der Waals surface area contributed by atoms with Crippen molar-refractivity contribution in [3.8, 4) is 0 Å². The summed E-state index contributed by atoms with van der Waals surface area (Å²) in [4.78, 5) is 14.3. The number of nitrogens with one attached hydrogen (secondary N) is 1. The number of rotatable bonds is 9. The molecule has 0 heterocycles. The molecule has 0 spiro atoms. The highest BCUT2D eigenvalue weighted by atomic mass is 32.2. The van der Waals surface area contributed by atoms with Crippen molar-refractivity contribution in [2.24, 2.45) is 0 Å². The zero-order valence-electron chi connectivity index (χ0n) is 23.3. The molecule has 2 nitrogen and oxygen atoms in total. The third-order valence-electron chi connectivity index (χ3n) is 7.81. The Labute approximate surface area is 249 Å². The molecule has 6 rings (SSSR count). The molecular weight excluding hydrogens is 537 g/mol. The first-order valence-corrected chi connectivity index (χ1v) is 16.7. The van der Waals surface area contributed by atoms with Gasteiger partial charge in [0.05, 0.1) is 5.75 Å². The van der Waals surface area contributed by atoms with Crippen LogP contribution in [0.15, 0.2) is 132 Å². The van der Waals surface area contributed by atoms with Crippen molar-refractivity contribution in [2.75, 3.05) is 11.1 Å². The molecule has 0 aliphatic heterocycles. The number of fused-ring (bicyclic) bond motifs is 1. The van der Waals surface area contributed by atoms with E-state index in [2.05, 4.69) is 121 Å². The predicted octanol–water partition coefficient (Wildman–Crippen LogP) is 7.82. The van der Waals surface area contributed by atoms with E-state index in [0.717, 1.165) is 29.8 Å². The molecule has 0 saturated carbocycles. The highest BCUT2D eigenvalue weighted by Gasteiger charge is 2.33. The number of carbonyl (C=O) groups excluding carboxylic acids is 1. The molecule has 0 saturated heterocycles. The van der Waals surface area contributed by atoms with Crippen LogP contribution in [0.5, 0.6) is 0 Å². The zero-order chi connectivity index (χ0) is 28.0. The molecule has 4 heteroatoms. The van der Waals surface area contributed by atoms with Gasteiger partial charge in [0.2, 0.25) is 5.91 Å². The van der Waals surface area contributed by atoms with Gasteiger partial charge in [-0.25, -0.2) is 0 Å². The minimum atomic E-state index is -0.728. The first kappa shape index (κ1) is 27.5. The maximum atomic E-state index is 13.2. The summed E-state index contributed by atoms with van der Waals surface area (Å²) in [5.74, 6) is 0.669. The van der Waals surface area contributed by atoms with E-state index in [4.69, 9.17) is 0 Å². The van der Waals surface area contributed by atoms with Gasteiger partial charge in [0.1, 0.15) is 0 Å². The van der Waals surface area contributed by atoms with Gasteiger partial charge in [0, 0.05) is 16.5 Å². The number of thioether (sulfide) groups is 1. The first-order chi connectivity index (χ1) is 20.2. The molecule has 0 bridgehead atoms. The quantitative estimate of drug-likeness (QED) is 0.144. The molecule has 204 valence electrons. The Hall–Kier alpha value is -3.65. The third kappa shape index (κ3) is 6.03. The van der Waals surface area contributed by atoms with Crippen LogP contribution >= 0.6 is 19.7 Å². The van der Waals surface area contributed by atoms with Crippen LogP contribution in [-0.4, -0.2) is 11.7 Å². The van der Waals surface area contributed by atoms with Crippen molar-refractivity contribution in [3.63, 3.8) is 0 Å². The van der Waals surface area contributed by atoms with E-state index in [-0.39, 0.29) is 11.8 Å². The summed E-state index contributed by atoms with van der Waals surface area (Å²) >= 11 is 1.58. The topological polar surface area (TPSA) is 29.1 Å². The summed E-state index contributed by atoms with van der Waals surface area (Å²) in [5.41, 5.74) is 6.46. The Kier molecular flexibility index (Phi) is 8.65. The molecule has 5 aromatic carbocycles. The molecule has 0 aromatic heterocycles. The number of aryl methyl sites for hydroxylation is 2. The molecule has 1 atom stereocenters. The van der Waals surface area contributed by atoms with Crippen LogP contribution in [0, 0.1) is 0 Å². The maximum absolute atomic E-state index is 13.2. The minimum absolute atomic E-state index is 0.0377. The monoisotopic (exact) mass is 571 g/mol. The van der Waals surface area contributed by atoms with Crippen LogP contribution in [0.4, 0.5) is 5.69 Å². The van der Waals surface area contributed by atoms with Crippen molar-refractivity contribution in [1.82, 2.24) is 0 Å². The average molecular weight is 572 g/mol. The second-order valence-electron chi connectivity index (χ2n) is 10.3.